The number of fused-ring (bicyclic) bond motifs is 1. The SMILES string of the molecule is O=C(C#Cc1ccccc1)NCCCN1C(=O)COc2ccccc21. The van der Waals surface area contributed by atoms with Gasteiger partial charge in [0.05, 0.1) is 5.69 Å². The first-order chi connectivity index (χ1) is 12.2. The van der Waals surface area contributed by atoms with E-state index in [0.29, 0.717) is 25.3 Å². The molecule has 25 heavy (non-hydrogen) atoms. The van der Waals surface area contributed by atoms with E-state index in [9.17, 15) is 9.59 Å². The third kappa shape index (κ3) is 4.39. The molecular formula is C20H18N2O3. The number of ether oxygens (including phenoxy) is 1. The summed E-state index contributed by atoms with van der Waals surface area (Å²) < 4.78 is 5.41. The predicted octanol–water partition coefficient (Wildman–Crippen LogP) is 1.97. The lowest BCUT2D eigenvalue weighted by Crippen LogP contribution is -2.40. The van der Waals surface area contributed by atoms with Crippen molar-refractivity contribution in [3.8, 4) is 17.6 Å². The predicted molar refractivity (Wildman–Crippen MR) is 95.2 cm³/mol. The minimum absolute atomic E-state index is 0.0475. The second-order valence-electron chi connectivity index (χ2n) is 5.53. The van der Waals surface area contributed by atoms with Gasteiger partial charge in [-0.25, -0.2) is 0 Å². The van der Waals surface area contributed by atoms with Crippen molar-refractivity contribution in [3.63, 3.8) is 0 Å². The Labute approximate surface area is 146 Å². The third-order valence-corrected chi connectivity index (χ3v) is 3.75. The Morgan fingerprint density at radius 3 is 2.72 bits per heavy atom. The summed E-state index contributed by atoms with van der Waals surface area (Å²) in [5.74, 6) is 5.68. The topological polar surface area (TPSA) is 58.6 Å². The van der Waals surface area contributed by atoms with E-state index in [1.165, 1.54) is 0 Å². The van der Waals surface area contributed by atoms with Gasteiger partial charge in [0.2, 0.25) is 0 Å². The molecule has 0 aromatic heterocycles. The highest BCUT2D eigenvalue weighted by Crippen LogP contribution is 2.31. The number of amides is 2. The molecule has 0 bridgehead atoms. The zero-order chi connectivity index (χ0) is 17.5. The molecule has 126 valence electrons. The second-order valence-corrected chi connectivity index (χ2v) is 5.53. The number of hydrogen-bond acceptors (Lipinski definition) is 3. The van der Waals surface area contributed by atoms with Crippen molar-refractivity contribution in [2.75, 3.05) is 24.6 Å². The van der Waals surface area contributed by atoms with E-state index >= 15 is 0 Å². The average molecular weight is 334 g/mol. The van der Waals surface area contributed by atoms with Gasteiger partial charge >= 0.3 is 0 Å². The van der Waals surface area contributed by atoms with Crippen LogP contribution < -0.4 is 15.0 Å². The van der Waals surface area contributed by atoms with Crippen molar-refractivity contribution in [2.45, 2.75) is 6.42 Å². The van der Waals surface area contributed by atoms with Crippen LogP contribution in [0, 0.1) is 11.8 Å². The molecule has 0 radical (unpaired) electrons. The van der Waals surface area contributed by atoms with E-state index < -0.39 is 0 Å². The van der Waals surface area contributed by atoms with Crippen molar-refractivity contribution in [3.05, 3.63) is 60.2 Å². The summed E-state index contributed by atoms with van der Waals surface area (Å²) in [5, 5.41) is 2.75. The summed E-state index contributed by atoms with van der Waals surface area (Å²) >= 11 is 0. The van der Waals surface area contributed by atoms with Crippen molar-refractivity contribution in [2.24, 2.45) is 0 Å². The number of rotatable bonds is 4. The number of benzene rings is 2. The molecule has 0 atom stereocenters. The highest BCUT2D eigenvalue weighted by atomic mass is 16.5. The largest absolute Gasteiger partial charge is 0.482 e. The van der Waals surface area contributed by atoms with Crippen LogP contribution in [-0.2, 0) is 9.59 Å². The van der Waals surface area contributed by atoms with Crippen molar-refractivity contribution >= 4 is 17.5 Å². The van der Waals surface area contributed by atoms with Gasteiger partial charge in [-0.3, -0.25) is 9.59 Å². The summed E-state index contributed by atoms with van der Waals surface area (Å²) in [6, 6.07) is 16.8. The summed E-state index contributed by atoms with van der Waals surface area (Å²) in [6.07, 6.45) is 0.638. The van der Waals surface area contributed by atoms with Gasteiger partial charge in [-0.1, -0.05) is 36.3 Å². The fourth-order valence-electron chi connectivity index (χ4n) is 2.53. The Kier molecular flexibility index (Phi) is 5.32. The Balaban J connectivity index is 1.48. The molecule has 5 heteroatoms. The fourth-order valence-corrected chi connectivity index (χ4v) is 2.53. The molecule has 2 aromatic rings. The quantitative estimate of drug-likeness (QED) is 0.687. The van der Waals surface area contributed by atoms with Crippen molar-refractivity contribution < 1.29 is 14.3 Å². The summed E-state index contributed by atoms with van der Waals surface area (Å²) in [4.78, 5) is 25.5. The number of para-hydroxylation sites is 2. The molecule has 0 saturated carbocycles. The molecule has 0 aliphatic carbocycles. The van der Waals surface area contributed by atoms with Gasteiger partial charge in [0.25, 0.3) is 11.8 Å². The van der Waals surface area contributed by atoms with Crippen LogP contribution in [0.2, 0.25) is 0 Å². The molecule has 0 spiro atoms. The lowest BCUT2D eigenvalue weighted by molar-refractivity contribution is -0.121. The summed E-state index contributed by atoms with van der Waals surface area (Å²) in [6.45, 7) is 1.02. The van der Waals surface area contributed by atoms with E-state index in [4.69, 9.17) is 4.74 Å². The lowest BCUT2D eigenvalue weighted by Gasteiger charge is -2.29. The molecule has 1 aliphatic heterocycles. The number of carbonyl (C=O) groups excluding carboxylic acids is 2. The van der Waals surface area contributed by atoms with Gasteiger partial charge in [-0.05, 0) is 30.7 Å². The van der Waals surface area contributed by atoms with Crippen LogP contribution in [0.4, 0.5) is 5.69 Å². The Morgan fingerprint density at radius 2 is 1.88 bits per heavy atom. The molecule has 1 N–H and O–H groups in total. The van der Waals surface area contributed by atoms with E-state index in [0.717, 1.165) is 11.3 Å². The zero-order valence-electron chi connectivity index (χ0n) is 13.7. The van der Waals surface area contributed by atoms with Gasteiger partial charge in [0.15, 0.2) is 6.61 Å². The number of carbonyl (C=O) groups is 2. The number of nitrogens with one attached hydrogen (secondary N) is 1. The van der Waals surface area contributed by atoms with Gasteiger partial charge in [0, 0.05) is 24.6 Å². The van der Waals surface area contributed by atoms with E-state index in [2.05, 4.69) is 17.2 Å². The maximum Gasteiger partial charge on any atom is 0.296 e. The minimum atomic E-state index is -0.322. The van der Waals surface area contributed by atoms with E-state index in [1.807, 2.05) is 54.6 Å². The number of hydrogen-bond donors (Lipinski definition) is 1. The first kappa shape index (κ1) is 16.6. The number of nitrogens with zero attached hydrogens (tertiary/aromatic N) is 1. The normalized spacial score (nSPS) is 12.5. The van der Waals surface area contributed by atoms with Crippen LogP contribution in [0.5, 0.6) is 5.75 Å². The molecule has 0 fully saturated rings. The Bertz CT molecular complexity index is 822. The molecule has 0 saturated heterocycles. The van der Waals surface area contributed by atoms with Crippen LogP contribution in [0.1, 0.15) is 12.0 Å². The fraction of sp³-hybridized carbons (Fsp3) is 0.200. The molecule has 1 heterocycles. The maximum absolute atomic E-state index is 12.0. The van der Waals surface area contributed by atoms with E-state index in [-0.39, 0.29) is 18.4 Å². The Hall–Kier alpha value is -3.26. The van der Waals surface area contributed by atoms with Crippen LogP contribution in [0.3, 0.4) is 0 Å². The smallest absolute Gasteiger partial charge is 0.296 e. The molecule has 2 amide bonds. The minimum Gasteiger partial charge on any atom is -0.482 e. The van der Waals surface area contributed by atoms with Crippen LogP contribution in [0.15, 0.2) is 54.6 Å². The zero-order valence-corrected chi connectivity index (χ0v) is 13.7. The van der Waals surface area contributed by atoms with Gasteiger partial charge in [-0.15, -0.1) is 0 Å². The summed E-state index contributed by atoms with van der Waals surface area (Å²) in [5.41, 5.74) is 1.57. The second kappa shape index (κ2) is 8.02. The maximum atomic E-state index is 12.0. The van der Waals surface area contributed by atoms with Gasteiger partial charge in [0.1, 0.15) is 5.75 Å². The van der Waals surface area contributed by atoms with Gasteiger partial charge in [-0.2, -0.15) is 0 Å². The standard InChI is InChI=1S/C20H18N2O3/c23-19(12-11-16-7-2-1-3-8-16)21-13-6-14-22-17-9-4-5-10-18(17)25-15-20(22)24/h1-5,7-10H,6,13-15H2,(H,21,23). The average Bonchev–Trinajstić information content (AvgIpc) is 2.65. The monoisotopic (exact) mass is 334 g/mol. The molecule has 0 unspecified atom stereocenters. The van der Waals surface area contributed by atoms with Crippen LogP contribution in [-0.4, -0.2) is 31.5 Å². The highest BCUT2D eigenvalue weighted by molar-refractivity contribution is 5.97. The lowest BCUT2D eigenvalue weighted by atomic mass is 10.2. The summed E-state index contributed by atoms with van der Waals surface area (Å²) in [7, 11) is 0. The number of anilines is 1. The molecule has 3 rings (SSSR count). The third-order valence-electron chi connectivity index (χ3n) is 3.75. The first-order valence-electron chi connectivity index (χ1n) is 8.11. The van der Waals surface area contributed by atoms with E-state index in [1.54, 1.807) is 4.90 Å². The van der Waals surface area contributed by atoms with Crippen molar-refractivity contribution in [1.82, 2.24) is 5.32 Å². The highest BCUT2D eigenvalue weighted by Gasteiger charge is 2.24. The molecular weight excluding hydrogens is 316 g/mol. The Morgan fingerprint density at radius 1 is 1.12 bits per heavy atom. The van der Waals surface area contributed by atoms with Gasteiger partial charge < -0.3 is 15.0 Å². The molecule has 2 aromatic carbocycles. The van der Waals surface area contributed by atoms with Crippen LogP contribution >= 0.6 is 0 Å². The van der Waals surface area contributed by atoms with Crippen molar-refractivity contribution in [1.29, 1.82) is 0 Å². The van der Waals surface area contributed by atoms with Crippen LogP contribution in [0.25, 0.3) is 0 Å². The first-order valence-corrected chi connectivity index (χ1v) is 8.11. The molecule has 5 nitrogen and oxygen atoms in total. The molecule has 1 aliphatic rings.